The topological polar surface area (TPSA) is 34.5 Å². The second-order valence-corrected chi connectivity index (χ2v) is 7.62. The van der Waals surface area contributed by atoms with E-state index in [0.717, 1.165) is 37.9 Å². The Morgan fingerprint density at radius 2 is 2.04 bits per heavy atom. The summed E-state index contributed by atoms with van der Waals surface area (Å²) in [6.07, 6.45) is 6.20. The Labute approximate surface area is 170 Å². The van der Waals surface area contributed by atoms with Crippen LogP contribution >= 0.6 is 0 Å². The number of carbonyl (C=O) groups is 1. The quantitative estimate of drug-likeness (QED) is 0.514. The van der Waals surface area contributed by atoms with Gasteiger partial charge in [0.25, 0.3) is 0 Å². The summed E-state index contributed by atoms with van der Waals surface area (Å²) in [6.45, 7) is 9.06. The van der Waals surface area contributed by atoms with Gasteiger partial charge < -0.3 is 14.2 Å². The molecule has 0 spiro atoms. The number of carbonyl (C=O) groups excluding carboxylic acids is 1. The predicted molar refractivity (Wildman–Crippen MR) is 115 cm³/mol. The smallest absolute Gasteiger partial charge is 0.226 e. The summed E-state index contributed by atoms with van der Waals surface area (Å²) in [5, 5.41) is 0. The van der Waals surface area contributed by atoms with Gasteiger partial charge in [0.2, 0.25) is 5.91 Å². The van der Waals surface area contributed by atoms with Crippen molar-refractivity contribution in [3.05, 3.63) is 59.4 Å². The maximum absolute atomic E-state index is 13.2. The Morgan fingerprint density at radius 1 is 1.21 bits per heavy atom. The van der Waals surface area contributed by atoms with E-state index < -0.39 is 0 Å². The van der Waals surface area contributed by atoms with Gasteiger partial charge in [0.15, 0.2) is 0 Å². The van der Waals surface area contributed by atoms with Crippen LogP contribution in [0, 0.1) is 12.8 Å². The highest BCUT2D eigenvalue weighted by molar-refractivity contribution is 5.78. The van der Waals surface area contributed by atoms with Crippen molar-refractivity contribution in [3.8, 4) is 0 Å². The first kappa shape index (κ1) is 22.2. The molecule has 1 atom stereocenters. The van der Waals surface area contributed by atoms with Crippen LogP contribution in [0.1, 0.15) is 56.4 Å². The van der Waals surface area contributed by atoms with E-state index in [4.69, 9.17) is 4.74 Å². The van der Waals surface area contributed by atoms with E-state index in [-0.39, 0.29) is 11.8 Å². The van der Waals surface area contributed by atoms with Gasteiger partial charge in [-0.2, -0.15) is 0 Å². The monoisotopic (exact) mass is 384 g/mol. The van der Waals surface area contributed by atoms with E-state index in [1.807, 2.05) is 4.90 Å². The van der Waals surface area contributed by atoms with Crippen molar-refractivity contribution in [3.63, 3.8) is 0 Å². The summed E-state index contributed by atoms with van der Waals surface area (Å²) in [5.41, 5.74) is 3.71. The number of aryl methyl sites for hydroxylation is 1. The molecule has 0 aliphatic carbocycles. The molecular formula is C24H36N2O2. The van der Waals surface area contributed by atoms with E-state index in [1.165, 1.54) is 11.1 Å². The zero-order valence-corrected chi connectivity index (χ0v) is 18.0. The molecule has 2 aromatic rings. The highest BCUT2D eigenvalue weighted by Gasteiger charge is 2.23. The van der Waals surface area contributed by atoms with Crippen LogP contribution in [-0.4, -0.2) is 35.6 Å². The van der Waals surface area contributed by atoms with Crippen molar-refractivity contribution < 1.29 is 9.53 Å². The summed E-state index contributed by atoms with van der Waals surface area (Å²) >= 11 is 0. The fourth-order valence-electron chi connectivity index (χ4n) is 3.63. The van der Waals surface area contributed by atoms with E-state index in [1.54, 1.807) is 7.11 Å². The molecule has 1 unspecified atom stereocenters. The molecule has 0 saturated heterocycles. The Hall–Kier alpha value is -2.07. The fourth-order valence-corrected chi connectivity index (χ4v) is 3.63. The van der Waals surface area contributed by atoms with Gasteiger partial charge in [-0.25, -0.2) is 0 Å². The van der Waals surface area contributed by atoms with Gasteiger partial charge in [-0.1, -0.05) is 56.5 Å². The molecule has 4 nitrogen and oxygen atoms in total. The first-order valence-electron chi connectivity index (χ1n) is 10.6. The molecule has 1 heterocycles. The van der Waals surface area contributed by atoms with Gasteiger partial charge in [0.05, 0.1) is 13.2 Å². The maximum atomic E-state index is 13.2. The van der Waals surface area contributed by atoms with Gasteiger partial charge in [0.1, 0.15) is 0 Å². The zero-order valence-electron chi connectivity index (χ0n) is 18.0. The molecule has 0 fully saturated rings. The lowest BCUT2D eigenvalue weighted by Gasteiger charge is -2.27. The third kappa shape index (κ3) is 6.52. The lowest BCUT2D eigenvalue weighted by atomic mass is 9.97. The van der Waals surface area contributed by atoms with Crippen LogP contribution in [0.25, 0.3) is 0 Å². The highest BCUT2D eigenvalue weighted by Crippen LogP contribution is 2.19. The number of amides is 1. The molecule has 0 saturated carbocycles. The van der Waals surface area contributed by atoms with Gasteiger partial charge >= 0.3 is 0 Å². The first-order valence-corrected chi connectivity index (χ1v) is 10.6. The van der Waals surface area contributed by atoms with Crippen LogP contribution in [0.3, 0.4) is 0 Å². The van der Waals surface area contributed by atoms with E-state index in [2.05, 4.69) is 67.9 Å². The number of benzene rings is 1. The molecule has 2 rings (SSSR count). The molecule has 28 heavy (non-hydrogen) atoms. The summed E-state index contributed by atoms with van der Waals surface area (Å²) in [6, 6.07) is 12.8. The molecule has 1 aromatic heterocycles. The van der Waals surface area contributed by atoms with Gasteiger partial charge in [-0.15, -0.1) is 0 Å². The van der Waals surface area contributed by atoms with Crippen LogP contribution in [0.5, 0.6) is 0 Å². The number of methoxy groups -OCH3 is 1. The Balaban J connectivity index is 2.13. The number of unbranched alkanes of at least 4 members (excludes halogenated alkanes) is 1. The molecule has 0 aliphatic heterocycles. The van der Waals surface area contributed by atoms with Crippen LogP contribution in [0.4, 0.5) is 0 Å². The molecule has 154 valence electrons. The first-order chi connectivity index (χ1) is 13.6. The average molecular weight is 385 g/mol. The second kappa shape index (κ2) is 11.7. The molecular weight excluding hydrogens is 348 g/mol. The van der Waals surface area contributed by atoms with Crippen molar-refractivity contribution >= 4 is 5.91 Å². The molecule has 1 aromatic carbocycles. The molecule has 4 heteroatoms. The van der Waals surface area contributed by atoms with Crippen molar-refractivity contribution in [2.45, 2.75) is 59.5 Å². The normalized spacial score (nSPS) is 12.1. The Morgan fingerprint density at radius 3 is 2.71 bits per heavy atom. The Kier molecular flexibility index (Phi) is 9.29. The fraction of sp³-hybridized carbons (Fsp3) is 0.542. The van der Waals surface area contributed by atoms with Gasteiger partial charge in [-0.3, -0.25) is 4.79 Å². The number of rotatable bonds is 12. The molecule has 1 amide bonds. The standard InChI is InChI=1S/C24H36N2O2/c1-5-7-12-22(6-2)24(27)26(15-16-28-4)19-23-13-9-14-25(23)18-21-11-8-10-20(3)17-21/h8-11,13-14,17,22H,5-7,12,15-16,18-19H2,1-4H3. The highest BCUT2D eigenvalue weighted by atomic mass is 16.5. The number of ether oxygens (including phenoxy) is 1. The second-order valence-electron chi connectivity index (χ2n) is 7.62. The van der Waals surface area contributed by atoms with Crippen molar-refractivity contribution in [2.24, 2.45) is 5.92 Å². The summed E-state index contributed by atoms with van der Waals surface area (Å²) < 4.78 is 7.52. The molecule has 0 N–H and O–H groups in total. The lowest BCUT2D eigenvalue weighted by molar-refractivity contribution is -0.137. The summed E-state index contributed by atoms with van der Waals surface area (Å²) in [5.74, 6) is 0.369. The molecule has 0 aliphatic rings. The number of nitrogens with zero attached hydrogens (tertiary/aromatic N) is 2. The van der Waals surface area contributed by atoms with E-state index in [9.17, 15) is 4.79 Å². The Bertz CT molecular complexity index is 723. The SMILES string of the molecule is CCCCC(CC)C(=O)N(CCOC)Cc1cccn1Cc1cccc(C)c1. The minimum Gasteiger partial charge on any atom is -0.383 e. The van der Waals surface area contributed by atoms with Crippen LogP contribution < -0.4 is 0 Å². The third-order valence-electron chi connectivity index (χ3n) is 5.34. The van der Waals surface area contributed by atoms with Crippen molar-refractivity contribution in [1.29, 1.82) is 0 Å². The third-order valence-corrected chi connectivity index (χ3v) is 5.34. The number of aromatic nitrogens is 1. The minimum absolute atomic E-state index is 0.108. The van der Waals surface area contributed by atoms with Crippen LogP contribution in [0.2, 0.25) is 0 Å². The number of hydrogen-bond acceptors (Lipinski definition) is 2. The van der Waals surface area contributed by atoms with Crippen molar-refractivity contribution in [1.82, 2.24) is 9.47 Å². The van der Waals surface area contributed by atoms with Gasteiger partial charge in [0, 0.05) is 38.0 Å². The molecule has 0 radical (unpaired) electrons. The lowest BCUT2D eigenvalue weighted by Crippen LogP contribution is -2.38. The summed E-state index contributed by atoms with van der Waals surface area (Å²) in [4.78, 5) is 15.2. The minimum atomic E-state index is 0.108. The summed E-state index contributed by atoms with van der Waals surface area (Å²) in [7, 11) is 1.69. The van der Waals surface area contributed by atoms with Crippen LogP contribution in [0.15, 0.2) is 42.6 Å². The zero-order chi connectivity index (χ0) is 20.4. The van der Waals surface area contributed by atoms with Crippen LogP contribution in [-0.2, 0) is 22.6 Å². The van der Waals surface area contributed by atoms with Gasteiger partial charge in [-0.05, 0) is 37.5 Å². The largest absolute Gasteiger partial charge is 0.383 e. The van der Waals surface area contributed by atoms with E-state index >= 15 is 0 Å². The molecule has 0 bridgehead atoms. The average Bonchev–Trinajstić information content (AvgIpc) is 3.12. The van der Waals surface area contributed by atoms with E-state index in [0.29, 0.717) is 19.7 Å². The predicted octanol–water partition coefficient (Wildman–Crippen LogP) is 5.04. The van der Waals surface area contributed by atoms with Crippen molar-refractivity contribution in [2.75, 3.05) is 20.3 Å². The number of hydrogen-bond donors (Lipinski definition) is 0. The maximum Gasteiger partial charge on any atom is 0.226 e.